The van der Waals surface area contributed by atoms with Gasteiger partial charge in [-0.3, -0.25) is 0 Å². The Kier molecular flexibility index (Phi) is 6.14. The van der Waals surface area contributed by atoms with Crippen molar-refractivity contribution in [3.63, 3.8) is 0 Å². The van der Waals surface area contributed by atoms with Gasteiger partial charge in [-0.05, 0) is 31.0 Å². The molecule has 1 aromatic carbocycles. The predicted molar refractivity (Wildman–Crippen MR) is 91.9 cm³/mol. The molecule has 0 aliphatic rings. The maximum Gasteiger partial charge on any atom is 0.315 e. The number of amides is 2. The van der Waals surface area contributed by atoms with Crippen LogP contribution >= 0.6 is 0 Å². The minimum atomic E-state index is -0.743. The maximum atomic E-state index is 11.9. The molecule has 0 saturated heterocycles. The average Bonchev–Trinajstić information content (AvgIpc) is 2.58. The molecule has 0 fully saturated rings. The lowest BCUT2D eigenvalue weighted by Crippen LogP contribution is -2.37. The Hall–Kier alpha value is -2.60. The highest BCUT2D eigenvalue weighted by atomic mass is 16.5. The zero-order valence-electron chi connectivity index (χ0n) is 14.2. The van der Waals surface area contributed by atoms with Crippen molar-refractivity contribution in [3.05, 3.63) is 58.8 Å². The quantitative estimate of drug-likeness (QED) is 0.759. The Morgan fingerprint density at radius 3 is 2.67 bits per heavy atom. The summed E-state index contributed by atoms with van der Waals surface area (Å²) in [5.74, 6) is 0.496. The summed E-state index contributed by atoms with van der Waals surface area (Å²) in [5, 5.41) is 15.6. The monoisotopic (exact) mass is 329 g/mol. The molecule has 1 heterocycles. The fourth-order valence-electron chi connectivity index (χ4n) is 2.37. The molecule has 2 rings (SSSR count). The average molecular weight is 329 g/mol. The van der Waals surface area contributed by atoms with E-state index in [-0.39, 0.29) is 12.6 Å². The number of ether oxygens (including phenoxy) is 1. The van der Waals surface area contributed by atoms with E-state index in [9.17, 15) is 9.90 Å². The molecule has 1 aromatic heterocycles. The van der Waals surface area contributed by atoms with Crippen LogP contribution in [0.25, 0.3) is 0 Å². The zero-order valence-corrected chi connectivity index (χ0v) is 14.2. The van der Waals surface area contributed by atoms with Crippen LogP contribution in [0.5, 0.6) is 5.88 Å². The largest absolute Gasteiger partial charge is 0.481 e. The van der Waals surface area contributed by atoms with Gasteiger partial charge in [0.2, 0.25) is 5.88 Å². The summed E-state index contributed by atoms with van der Waals surface area (Å²) in [6.07, 6.45) is -0.743. The van der Waals surface area contributed by atoms with Crippen molar-refractivity contribution in [2.24, 2.45) is 0 Å². The zero-order chi connectivity index (χ0) is 17.5. The van der Waals surface area contributed by atoms with Crippen molar-refractivity contribution < 1.29 is 14.6 Å². The van der Waals surface area contributed by atoms with Crippen LogP contribution < -0.4 is 15.4 Å². The number of aryl methyl sites for hydroxylation is 2. The van der Waals surface area contributed by atoms with Gasteiger partial charge in [0.15, 0.2) is 0 Å². The van der Waals surface area contributed by atoms with Gasteiger partial charge in [0.25, 0.3) is 0 Å². The molecule has 6 nitrogen and oxygen atoms in total. The van der Waals surface area contributed by atoms with Gasteiger partial charge in [-0.1, -0.05) is 30.3 Å². The molecule has 0 spiro atoms. The van der Waals surface area contributed by atoms with Crippen molar-refractivity contribution in [1.82, 2.24) is 15.6 Å². The fourth-order valence-corrected chi connectivity index (χ4v) is 2.37. The first kappa shape index (κ1) is 17.7. The van der Waals surface area contributed by atoms with Gasteiger partial charge < -0.3 is 20.5 Å². The molecule has 3 N–H and O–H groups in total. The number of rotatable bonds is 6. The summed E-state index contributed by atoms with van der Waals surface area (Å²) in [5.41, 5.74) is 3.43. The second-order valence-corrected chi connectivity index (χ2v) is 5.56. The third-order valence-corrected chi connectivity index (χ3v) is 3.71. The molecular formula is C18H23N3O3. The van der Waals surface area contributed by atoms with E-state index in [1.54, 1.807) is 7.11 Å². The van der Waals surface area contributed by atoms with E-state index in [4.69, 9.17) is 4.74 Å². The first-order chi connectivity index (χ1) is 11.5. The number of methoxy groups -OCH3 is 1. The van der Waals surface area contributed by atoms with Gasteiger partial charge >= 0.3 is 6.03 Å². The molecule has 2 aromatic rings. The smallest absolute Gasteiger partial charge is 0.315 e. The van der Waals surface area contributed by atoms with Crippen molar-refractivity contribution in [2.75, 3.05) is 13.7 Å². The number of carbonyl (C=O) groups excluding carboxylic acids is 1. The second-order valence-electron chi connectivity index (χ2n) is 5.56. The third-order valence-electron chi connectivity index (χ3n) is 3.71. The van der Waals surface area contributed by atoms with Gasteiger partial charge in [-0.2, -0.15) is 0 Å². The lowest BCUT2D eigenvalue weighted by atomic mass is 10.0. The van der Waals surface area contributed by atoms with Gasteiger partial charge in [0.1, 0.15) is 0 Å². The number of aliphatic hydroxyl groups is 1. The molecule has 6 heteroatoms. The lowest BCUT2D eigenvalue weighted by Gasteiger charge is -2.15. The molecule has 0 aliphatic heterocycles. The van der Waals surface area contributed by atoms with Crippen LogP contribution in [0.3, 0.4) is 0 Å². The van der Waals surface area contributed by atoms with Gasteiger partial charge in [-0.15, -0.1) is 0 Å². The molecule has 0 radical (unpaired) electrons. The molecule has 128 valence electrons. The number of pyridine rings is 1. The first-order valence-electron chi connectivity index (χ1n) is 7.77. The van der Waals surface area contributed by atoms with Crippen LogP contribution in [-0.2, 0) is 6.54 Å². The topological polar surface area (TPSA) is 83.5 Å². The summed E-state index contributed by atoms with van der Waals surface area (Å²) in [6.45, 7) is 4.23. The molecule has 24 heavy (non-hydrogen) atoms. The minimum absolute atomic E-state index is 0.139. The van der Waals surface area contributed by atoms with E-state index in [0.29, 0.717) is 12.4 Å². The van der Waals surface area contributed by atoms with E-state index in [0.717, 1.165) is 22.4 Å². The Balaban J connectivity index is 1.85. The van der Waals surface area contributed by atoms with Gasteiger partial charge in [0.05, 0.1) is 13.2 Å². The number of aromatic nitrogens is 1. The predicted octanol–water partition coefficient (Wildman–Crippen LogP) is 2.24. The van der Waals surface area contributed by atoms with Crippen LogP contribution in [0.4, 0.5) is 4.79 Å². The Bertz CT molecular complexity index is 704. The van der Waals surface area contributed by atoms with E-state index < -0.39 is 6.10 Å². The van der Waals surface area contributed by atoms with Crippen molar-refractivity contribution in [2.45, 2.75) is 26.5 Å². The Morgan fingerprint density at radius 2 is 1.96 bits per heavy atom. The maximum absolute atomic E-state index is 11.9. The Morgan fingerprint density at radius 1 is 1.21 bits per heavy atom. The molecule has 0 bridgehead atoms. The number of hydrogen-bond donors (Lipinski definition) is 3. The summed E-state index contributed by atoms with van der Waals surface area (Å²) in [4.78, 5) is 16.2. The van der Waals surface area contributed by atoms with Gasteiger partial charge in [0, 0.05) is 24.3 Å². The number of carbonyl (C=O) groups is 1. The van der Waals surface area contributed by atoms with Crippen LogP contribution in [-0.4, -0.2) is 29.8 Å². The summed E-state index contributed by atoms with van der Waals surface area (Å²) in [6, 6.07) is 10.9. The van der Waals surface area contributed by atoms with E-state index in [2.05, 4.69) is 15.6 Å². The highest BCUT2D eigenvalue weighted by Gasteiger charge is 2.12. The lowest BCUT2D eigenvalue weighted by molar-refractivity contribution is 0.172. The molecule has 0 aliphatic carbocycles. The highest BCUT2D eigenvalue weighted by Crippen LogP contribution is 2.16. The standard InChI is InChI=1S/C18H23N3O3/c1-12-6-4-5-7-15(12)16(22)11-20-18(23)19-10-14-9-8-13(2)21-17(14)24-3/h4-9,16,22H,10-11H2,1-3H3,(H2,19,20,23)/t16-/m0/s1. The molecule has 1 atom stereocenters. The second kappa shape index (κ2) is 8.31. The van der Waals surface area contributed by atoms with Crippen LogP contribution in [0.2, 0.25) is 0 Å². The highest BCUT2D eigenvalue weighted by molar-refractivity contribution is 5.73. The van der Waals surface area contributed by atoms with E-state index >= 15 is 0 Å². The molecule has 0 unspecified atom stereocenters. The number of hydrogen-bond acceptors (Lipinski definition) is 4. The summed E-state index contributed by atoms with van der Waals surface area (Å²) < 4.78 is 5.20. The van der Waals surface area contributed by atoms with Crippen molar-refractivity contribution in [3.8, 4) is 5.88 Å². The van der Waals surface area contributed by atoms with Crippen molar-refractivity contribution >= 4 is 6.03 Å². The summed E-state index contributed by atoms with van der Waals surface area (Å²) in [7, 11) is 1.55. The number of urea groups is 1. The van der Waals surface area contributed by atoms with E-state index in [1.807, 2.05) is 50.2 Å². The first-order valence-corrected chi connectivity index (χ1v) is 7.77. The summed E-state index contributed by atoms with van der Waals surface area (Å²) >= 11 is 0. The number of nitrogens with zero attached hydrogens (tertiary/aromatic N) is 1. The fraction of sp³-hybridized carbons (Fsp3) is 0.333. The molecule has 0 saturated carbocycles. The number of nitrogens with one attached hydrogen (secondary N) is 2. The van der Waals surface area contributed by atoms with Crippen molar-refractivity contribution in [1.29, 1.82) is 0 Å². The molecular weight excluding hydrogens is 306 g/mol. The SMILES string of the molecule is COc1nc(C)ccc1CNC(=O)NC[C@H](O)c1ccccc1C. The third kappa shape index (κ3) is 4.70. The van der Waals surface area contributed by atoms with Crippen LogP contribution in [0.1, 0.15) is 28.5 Å². The number of aliphatic hydroxyl groups excluding tert-OH is 1. The van der Waals surface area contributed by atoms with Crippen LogP contribution in [0.15, 0.2) is 36.4 Å². The normalized spacial score (nSPS) is 11.7. The molecule has 2 amide bonds. The minimum Gasteiger partial charge on any atom is -0.481 e. The van der Waals surface area contributed by atoms with Crippen LogP contribution in [0, 0.1) is 13.8 Å². The Labute approximate surface area is 141 Å². The number of benzene rings is 1. The van der Waals surface area contributed by atoms with Gasteiger partial charge in [-0.25, -0.2) is 9.78 Å². The van der Waals surface area contributed by atoms with E-state index in [1.165, 1.54) is 0 Å².